The number of aliphatic hydroxyl groups excluding tert-OH is 1. The number of fused-ring (bicyclic) bond motifs is 5. The Kier molecular flexibility index (Phi) is 15.3. The SMILES string of the molecule is CC[C@H]1OC(=O)[C@H](C)C(=O)[C@H](C)[C@@H](O[C@@H]2O[C@H](C)C[C@H](N(C)C)[C@H]2O)[C@@]2(C)C[C@@H](C)C(=NC(C)=O)[C@H](C)[C@@H](OCC(=NOCc3ccccc3)CO2)[C@]1(C)O. The third-order valence-corrected chi connectivity index (χ3v) is 11.4. The zero-order chi connectivity index (χ0) is 40.8. The number of amides is 1. The largest absolute Gasteiger partial charge is 0.459 e. The van der Waals surface area contributed by atoms with Crippen molar-refractivity contribution >= 4 is 29.1 Å². The van der Waals surface area contributed by atoms with Crippen molar-refractivity contribution in [3.8, 4) is 0 Å². The van der Waals surface area contributed by atoms with Gasteiger partial charge in [0.05, 0.1) is 37.1 Å². The molecular weight excluding hydrogens is 710 g/mol. The lowest BCUT2D eigenvalue weighted by molar-refractivity contribution is -0.296. The van der Waals surface area contributed by atoms with Crippen molar-refractivity contribution in [2.45, 2.75) is 142 Å². The number of oxime groups is 1. The average Bonchev–Trinajstić information content (AvgIpc) is 3.14. The average molecular weight is 774 g/mol. The van der Waals surface area contributed by atoms with Crippen LogP contribution < -0.4 is 0 Å². The number of Topliss-reactive ketones (excluding diaryl/α,β-unsaturated/α-hetero) is 1. The lowest BCUT2D eigenvalue weighted by Gasteiger charge is -2.47. The van der Waals surface area contributed by atoms with Gasteiger partial charge in [-0.05, 0) is 72.5 Å². The molecule has 0 spiro atoms. The third-order valence-electron chi connectivity index (χ3n) is 11.4. The van der Waals surface area contributed by atoms with Gasteiger partial charge in [0.25, 0.3) is 0 Å². The number of esters is 1. The molecule has 14 heteroatoms. The van der Waals surface area contributed by atoms with E-state index in [-0.39, 0.29) is 44.8 Å². The molecule has 0 aromatic heterocycles. The summed E-state index contributed by atoms with van der Waals surface area (Å²) < 4.78 is 32.3. The maximum atomic E-state index is 14.4. The molecule has 3 saturated heterocycles. The van der Waals surface area contributed by atoms with Crippen LogP contribution in [0, 0.1) is 23.7 Å². The lowest BCUT2D eigenvalue weighted by Crippen LogP contribution is -2.60. The Morgan fingerprint density at radius 1 is 1.04 bits per heavy atom. The molecule has 0 radical (unpaired) electrons. The number of hydrogen-bond donors (Lipinski definition) is 2. The van der Waals surface area contributed by atoms with Crippen molar-refractivity contribution in [1.82, 2.24) is 4.90 Å². The van der Waals surface area contributed by atoms with Crippen LogP contribution in [0.5, 0.6) is 0 Å². The van der Waals surface area contributed by atoms with Gasteiger partial charge >= 0.3 is 5.97 Å². The lowest BCUT2D eigenvalue weighted by atomic mass is 9.73. The van der Waals surface area contributed by atoms with Crippen molar-refractivity contribution in [3.63, 3.8) is 0 Å². The Morgan fingerprint density at radius 3 is 2.33 bits per heavy atom. The number of ether oxygens (including phenoxy) is 5. The standard InChI is InChI=1S/C41H63N3O11/c1-12-32-41(9,49)37-25(4)33(42-28(7)45)23(2)19-40(8,51-22-30(21-50-37)43-52-20-29-16-14-13-15-17-29)36(26(5)34(46)27(6)38(48)54-32)55-39-35(47)31(44(10)11)18-24(3)53-39/h13-17,23-27,31-32,35-37,39,47,49H,12,18-22H2,1-11H3/t23-,24-,25+,26+,27-,31+,32-,35-,36-,37-,39+,40-,41-/m1/s1. The monoisotopic (exact) mass is 773 g/mol. The highest BCUT2D eigenvalue weighted by Gasteiger charge is 2.53. The maximum Gasteiger partial charge on any atom is 0.316 e. The second-order valence-electron chi connectivity index (χ2n) is 16.3. The summed E-state index contributed by atoms with van der Waals surface area (Å²) >= 11 is 0. The van der Waals surface area contributed by atoms with Crippen LogP contribution >= 0.6 is 0 Å². The quantitative estimate of drug-likeness (QED) is 0.231. The van der Waals surface area contributed by atoms with Crippen LogP contribution in [0.15, 0.2) is 40.5 Å². The fourth-order valence-electron chi connectivity index (χ4n) is 8.38. The fraction of sp³-hybridized carbons (Fsp3) is 0.732. The minimum atomic E-state index is -1.83. The van der Waals surface area contributed by atoms with Crippen LogP contribution in [0.1, 0.15) is 87.1 Å². The van der Waals surface area contributed by atoms with Gasteiger partial charge in [-0.25, -0.2) is 4.99 Å². The topological polar surface area (TPSA) is 175 Å². The van der Waals surface area contributed by atoms with Gasteiger partial charge in [0.15, 0.2) is 12.1 Å². The Bertz CT molecular complexity index is 1530. The summed E-state index contributed by atoms with van der Waals surface area (Å²) in [5.74, 6) is -5.21. The molecule has 1 aromatic rings. The van der Waals surface area contributed by atoms with Crippen molar-refractivity contribution in [3.05, 3.63) is 35.9 Å². The highest BCUT2D eigenvalue weighted by atomic mass is 16.7. The molecule has 4 rings (SSSR count). The first-order chi connectivity index (χ1) is 25.8. The number of aliphatic hydroxyl groups is 2. The van der Waals surface area contributed by atoms with E-state index in [0.717, 1.165) is 5.56 Å². The van der Waals surface area contributed by atoms with Crippen molar-refractivity contribution < 1.29 is 53.1 Å². The Morgan fingerprint density at radius 2 is 1.71 bits per heavy atom. The smallest absolute Gasteiger partial charge is 0.316 e. The Labute approximate surface area is 325 Å². The molecule has 2 bridgehead atoms. The summed E-state index contributed by atoms with van der Waals surface area (Å²) in [5, 5.41) is 28.4. The molecule has 2 N–H and O–H groups in total. The number of benzene rings is 1. The molecule has 3 aliphatic rings. The van der Waals surface area contributed by atoms with Gasteiger partial charge in [-0.15, -0.1) is 0 Å². The first-order valence-electron chi connectivity index (χ1n) is 19.5. The molecule has 3 heterocycles. The van der Waals surface area contributed by atoms with E-state index in [1.54, 1.807) is 20.8 Å². The van der Waals surface area contributed by atoms with Gasteiger partial charge in [0.1, 0.15) is 36.0 Å². The number of hydrogen-bond acceptors (Lipinski definition) is 13. The molecule has 0 saturated carbocycles. The summed E-state index contributed by atoms with van der Waals surface area (Å²) in [4.78, 5) is 53.2. The molecule has 0 aliphatic carbocycles. The van der Waals surface area contributed by atoms with Gasteiger partial charge in [0, 0.05) is 30.5 Å². The summed E-state index contributed by atoms with van der Waals surface area (Å²) in [6.07, 6.45) is -4.95. The minimum absolute atomic E-state index is 0.145. The van der Waals surface area contributed by atoms with Crippen molar-refractivity contribution in [2.24, 2.45) is 33.8 Å². The predicted octanol–water partition coefficient (Wildman–Crippen LogP) is 4.12. The Balaban J connectivity index is 1.94. The van der Waals surface area contributed by atoms with Crippen molar-refractivity contribution in [2.75, 3.05) is 27.3 Å². The zero-order valence-electron chi connectivity index (χ0n) is 34.4. The number of carbonyl (C=O) groups excluding carboxylic acids is 3. The van der Waals surface area contributed by atoms with Crippen LogP contribution in [0.25, 0.3) is 0 Å². The zero-order valence-corrected chi connectivity index (χ0v) is 34.4. The molecule has 55 heavy (non-hydrogen) atoms. The van der Waals surface area contributed by atoms with E-state index in [1.165, 1.54) is 20.8 Å². The van der Waals surface area contributed by atoms with Gasteiger partial charge in [-0.1, -0.05) is 63.2 Å². The third kappa shape index (κ3) is 10.6. The van der Waals surface area contributed by atoms with Crippen LogP contribution in [0.4, 0.5) is 0 Å². The summed E-state index contributed by atoms with van der Waals surface area (Å²) in [5.41, 5.74) is -1.55. The van der Waals surface area contributed by atoms with Gasteiger partial charge in [-0.3, -0.25) is 14.4 Å². The van der Waals surface area contributed by atoms with Crippen LogP contribution in [-0.4, -0.2) is 126 Å². The van der Waals surface area contributed by atoms with E-state index < -0.39 is 83.2 Å². The first kappa shape index (κ1) is 44.6. The molecule has 308 valence electrons. The molecule has 0 unspecified atom stereocenters. The number of nitrogens with zero attached hydrogens (tertiary/aromatic N) is 3. The summed E-state index contributed by atoms with van der Waals surface area (Å²) in [6, 6.07) is 9.21. The maximum absolute atomic E-state index is 14.4. The van der Waals surface area contributed by atoms with Crippen LogP contribution in [0.3, 0.4) is 0 Å². The second-order valence-corrected chi connectivity index (χ2v) is 16.3. The molecule has 3 aliphatic heterocycles. The van der Waals surface area contributed by atoms with E-state index in [1.807, 2.05) is 70.1 Å². The number of rotatable bonds is 7. The fourth-order valence-corrected chi connectivity index (χ4v) is 8.38. The molecular formula is C41H63N3O11. The molecule has 3 fully saturated rings. The molecule has 13 atom stereocenters. The van der Waals surface area contributed by atoms with E-state index in [9.17, 15) is 24.6 Å². The number of aliphatic imine (C=N–C) groups is 1. The van der Waals surface area contributed by atoms with Crippen LogP contribution in [-0.2, 0) is 49.5 Å². The number of cyclic esters (lactones) is 1. The number of ketones is 1. The molecule has 14 nitrogen and oxygen atoms in total. The highest BCUT2D eigenvalue weighted by Crippen LogP contribution is 2.40. The van der Waals surface area contributed by atoms with Crippen LogP contribution in [0.2, 0.25) is 0 Å². The number of carbonyl (C=O) groups is 3. The summed E-state index contributed by atoms with van der Waals surface area (Å²) in [7, 11) is 3.74. The highest BCUT2D eigenvalue weighted by molar-refractivity contribution is 6.00. The number of likely N-dealkylation sites (N-methyl/N-ethyl adjacent to an activating group) is 1. The van der Waals surface area contributed by atoms with Crippen molar-refractivity contribution in [1.29, 1.82) is 0 Å². The van der Waals surface area contributed by atoms with E-state index in [2.05, 4.69) is 10.1 Å². The Hall–Kier alpha value is -3.11. The minimum Gasteiger partial charge on any atom is -0.459 e. The van der Waals surface area contributed by atoms with E-state index >= 15 is 0 Å². The second kappa shape index (κ2) is 18.9. The predicted molar refractivity (Wildman–Crippen MR) is 205 cm³/mol. The van der Waals surface area contributed by atoms with Gasteiger partial charge < -0.3 is 43.6 Å². The molecule has 1 aromatic carbocycles. The van der Waals surface area contributed by atoms with Gasteiger partial charge in [-0.2, -0.15) is 0 Å². The van der Waals surface area contributed by atoms with Gasteiger partial charge in [0.2, 0.25) is 5.91 Å². The summed E-state index contributed by atoms with van der Waals surface area (Å²) in [6.45, 7) is 15.0. The normalized spacial score (nSPS) is 39.9. The first-order valence-corrected chi connectivity index (χ1v) is 19.5. The van der Waals surface area contributed by atoms with E-state index in [0.29, 0.717) is 17.8 Å². The molecule has 1 amide bonds. The van der Waals surface area contributed by atoms with E-state index in [4.69, 9.17) is 28.5 Å².